The van der Waals surface area contributed by atoms with Gasteiger partial charge in [-0.3, -0.25) is 9.89 Å². The lowest BCUT2D eigenvalue weighted by Crippen LogP contribution is -2.46. The number of carboxylic acids is 1. The molecule has 1 aliphatic rings. The second-order valence-corrected chi connectivity index (χ2v) is 9.59. The standard InChI is InChI=1S/C23H21ClFN7O3.C2HF3O2/c24-16-5-2-4-15(19(16)25)20(33)32-11-8-23(9-12-32,21-30-31-22(34)35-21)13-14-3-1-6-17(27-14)28-18-7-10-26-29-18;3-2(4,5)1(6)7/h1-7,10H,8-9,11-13H2,(H,31,34)(H2,26,27,28,29);(H,6,7). The molecule has 17 heteroatoms. The van der Waals surface area contributed by atoms with Crippen LogP contribution in [0.3, 0.4) is 0 Å². The molecular weight excluding hydrogens is 590 g/mol. The van der Waals surface area contributed by atoms with E-state index in [1.165, 1.54) is 12.1 Å². The van der Waals surface area contributed by atoms with Gasteiger partial charge in [-0.1, -0.05) is 23.7 Å². The minimum Gasteiger partial charge on any atom is -0.475 e. The number of piperidine rings is 1. The first-order chi connectivity index (χ1) is 19.9. The van der Waals surface area contributed by atoms with E-state index in [4.69, 9.17) is 25.9 Å². The molecule has 0 aliphatic carbocycles. The van der Waals surface area contributed by atoms with Crippen LogP contribution in [0.25, 0.3) is 0 Å². The van der Waals surface area contributed by atoms with E-state index in [1.54, 1.807) is 23.2 Å². The Morgan fingerprint density at radius 1 is 1.12 bits per heavy atom. The third kappa shape index (κ3) is 7.12. The van der Waals surface area contributed by atoms with Gasteiger partial charge in [-0.25, -0.2) is 24.1 Å². The molecule has 1 amide bonds. The van der Waals surface area contributed by atoms with Crippen LogP contribution in [0.15, 0.2) is 57.9 Å². The molecule has 1 aliphatic heterocycles. The minimum atomic E-state index is -5.08. The highest BCUT2D eigenvalue weighted by molar-refractivity contribution is 6.31. The van der Waals surface area contributed by atoms with Gasteiger partial charge < -0.3 is 19.7 Å². The third-order valence-electron chi connectivity index (χ3n) is 6.41. The lowest BCUT2D eigenvalue weighted by Gasteiger charge is -2.39. The zero-order valence-corrected chi connectivity index (χ0v) is 22.2. The first kappa shape index (κ1) is 30.2. The maximum atomic E-state index is 14.4. The molecule has 4 aromatic rings. The smallest absolute Gasteiger partial charge is 0.475 e. The number of carbonyl (C=O) groups excluding carboxylic acids is 1. The highest BCUT2D eigenvalue weighted by Gasteiger charge is 2.42. The summed E-state index contributed by atoms with van der Waals surface area (Å²) in [5.74, 6) is -3.01. The Morgan fingerprint density at radius 3 is 2.40 bits per heavy atom. The second kappa shape index (κ2) is 12.4. The van der Waals surface area contributed by atoms with Gasteiger partial charge in [0.15, 0.2) is 5.82 Å². The number of benzene rings is 1. The highest BCUT2D eigenvalue weighted by Crippen LogP contribution is 2.38. The SMILES string of the molecule is O=C(O)C(F)(F)F.O=C(c1cccc(Cl)c1F)N1CCC(Cc2cccc(Nc3ccn[nH]3)n2)(c2n[nH]c(=O)o2)CC1. The summed E-state index contributed by atoms with van der Waals surface area (Å²) in [5, 5.41) is 23.3. The molecule has 42 heavy (non-hydrogen) atoms. The number of nitrogens with zero attached hydrogens (tertiary/aromatic N) is 4. The van der Waals surface area contributed by atoms with E-state index in [0.717, 1.165) is 5.69 Å². The van der Waals surface area contributed by atoms with Crippen molar-refractivity contribution in [2.24, 2.45) is 0 Å². The van der Waals surface area contributed by atoms with E-state index in [2.05, 4.69) is 30.7 Å². The van der Waals surface area contributed by atoms with Gasteiger partial charge in [0.1, 0.15) is 11.6 Å². The third-order valence-corrected chi connectivity index (χ3v) is 6.71. The number of carbonyl (C=O) groups is 2. The van der Waals surface area contributed by atoms with Crippen LogP contribution in [0.2, 0.25) is 5.02 Å². The average Bonchev–Trinajstić information content (AvgIpc) is 3.62. The molecule has 0 spiro atoms. The molecule has 1 saturated heterocycles. The topological polar surface area (TPSA) is 170 Å². The molecule has 0 bridgehead atoms. The van der Waals surface area contributed by atoms with Gasteiger partial charge in [-0.05, 0) is 37.1 Å². The van der Waals surface area contributed by atoms with Crippen LogP contribution in [0.4, 0.5) is 29.2 Å². The highest BCUT2D eigenvalue weighted by atomic mass is 35.5. The van der Waals surface area contributed by atoms with Gasteiger partial charge in [0.05, 0.1) is 22.2 Å². The van der Waals surface area contributed by atoms with Gasteiger partial charge in [0, 0.05) is 31.3 Å². The van der Waals surface area contributed by atoms with Crippen LogP contribution in [0.1, 0.15) is 34.8 Å². The lowest BCUT2D eigenvalue weighted by atomic mass is 9.74. The van der Waals surface area contributed by atoms with Crippen LogP contribution in [-0.4, -0.2) is 66.5 Å². The normalized spacial score (nSPS) is 14.5. The monoisotopic (exact) mass is 611 g/mol. The summed E-state index contributed by atoms with van der Waals surface area (Å²) >= 11 is 5.86. The lowest BCUT2D eigenvalue weighted by molar-refractivity contribution is -0.192. The number of halogens is 5. The summed E-state index contributed by atoms with van der Waals surface area (Å²) in [6.07, 6.45) is -2.15. The van der Waals surface area contributed by atoms with E-state index >= 15 is 0 Å². The summed E-state index contributed by atoms with van der Waals surface area (Å²) in [6, 6.07) is 11.7. The molecule has 1 aromatic carbocycles. The van der Waals surface area contributed by atoms with E-state index < -0.39 is 35.0 Å². The molecule has 5 rings (SSSR count). The zero-order chi connectivity index (χ0) is 30.5. The van der Waals surface area contributed by atoms with E-state index in [-0.39, 0.29) is 16.5 Å². The maximum absolute atomic E-state index is 14.4. The Kier molecular flexibility index (Phi) is 8.94. The molecule has 0 saturated carbocycles. The number of alkyl halides is 3. The van der Waals surface area contributed by atoms with E-state index in [1.807, 2.05) is 18.2 Å². The van der Waals surface area contributed by atoms with Gasteiger partial charge in [-0.2, -0.15) is 18.3 Å². The van der Waals surface area contributed by atoms with Crippen LogP contribution in [0, 0.1) is 5.82 Å². The first-order valence-electron chi connectivity index (χ1n) is 12.2. The molecule has 1 fully saturated rings. The minimum absolute atomic E-state index is 0.0736. The summed E-state index contributed by atoms with van der Waals surface area (Å²) in [4.78, 5) is 39.9. The maximum Gasteiger partial charge on any atom is 0.490 e. The fraction of sp³-hybridized carbons (Fsp3) is 0.280. The summed E-state index contributed by atoms with van der Waals surface area (Å²) in [7, 11) is 0. The van der Waals surface area contributed by atoms with Crippen molar-refractivity contribution in [3.8, 4) is 0 Å². The number of rotatable bonds is 6. The van der Waals surface area contributed by atoms with Gasteiger partial charge in [-0.15, -0.1) is 5.10 Å². The van der Waals surface area contributed by atoms with Crippen LogP contribution in [-0.2, 0) is 16.6 Å². The predicted molar refractivity (Wildman–Crippen MR) is 139 cm³/mol. The van der Waals surface area contributed by atoms with Crippen LogP contribution < -0.4 is 11.1 Å². The van der Waals surface area contributed by atoms with Gasteiger partial charge in [0.25, 0.3) is 5.91 Å². The number of hydrogen-bond donors (Lipinski definition) is 4. The second-order valence-electron chi connectivity index (χ2n) is 9.18. The fourth-order valence-electron chi connectivity index (χ4n) is 4.36. The number of anilines is 2. The largest absolute Gasteiger partial charge is 0.490 e. The summed E-state index contributed by atoms with van der Waals surface area (Å²) in [5.41, 5.74) is -0.000946. The van der Waals surface area contributed by atoms with Crippen LogP contribution >= 0.6 is 11.6 Å². The number of pyridine rings is 1. The number of carboxylic acid groups (broad SMARTS) is 1. The molecular formula is C25H22ClF4N7O5. The van der Waals surface area contributed by atoms with Crippen molar-refractivity contribution in [2.75, 3.05) is 18.4 Å². The van der Waals surface area contributed by atoms with Crippen LogP contribution in [0.5, 0.6) is 0 Å². The molecule has 4 N–H and O–H groups in total. The number of aromatic nitrogens is 5. The Morgan fingerprint density at radius 2 is 1.81 bits per heavy atom. The Labute approximate surface area is 238 Å². The molecule has 222 valence electrons. The number of nitrogens with one attached hydrogen (secondary N) is 3. The molecule has 0 unspecified atom stereocenters. The van der Waals surface area contributed by atoms with E-state index in [0.29, 0.717) is 44.0 Å². The predicted octanol–water partition coefficient (Wildman–Crippen LogP) is 4.07. The molecule has 4 heterocycles. The molecule has 3 aromatic heterocycles. The Hall–Kier alpha value is -4.73. The van der Waals surface area contributed by atoms with Crippen molar-refractivity contribution in [1.82, 2.24) is 30.3 Å². The fourth-order valence-corrected chi connectivity index (χ4v) is 4.53. The number of aromatic amines is 2. The van der Waals surface area contributed by atoms with E-state index in [9.17, 15) is 27.2 Å². The van der Waals surface area contributed by atoms with Crippen molar-refractivity contribution >= 4 is 35.1 Å². The quantitative estimate of drug-likeness (QED) is 0.235. The zero-order valence-electron chi connectivity index (χ0n) is 21.4. The summed E-state index contributed by atoms with van der Waals surface area (Å²) < 4.78 is 51.5. The Bertz CT molecular complexity index is 1600. The van der Waals surface area contributed by atoms with Crippen molar-refractivity contribution < 1.29 is 36.7 Å². The number of aliphatic carboxylic acids is 1. The Balaban J connectivity index is 0.000000517. The number of hydrogen-bond acceptors (Lipinski definition) is 8. The van der Waals surface area contributed by atoms with Crippen molar-refractivity contribution in [3.63, 3.8) is 0 Å². The first-order valence-corrected chi connectivity index (χ1v) is 12.6. The van der Waals surface area contributed by atoms with Crippen molar-refractivity contribution in [2.45, 2.75) is 30.9 Å². The summed E-state index contributed by atoms with van der Waals surface area (Å²) in [6.45, 7) is 0.626. The number of likely N-dealkylation sites (tertiary alicyclic amines) is 1. The van der Waals surface area contributed by atoms with Gasteiger partial charge in [0.2, 0.25) is 5.89 Å². The molecule has 12 nitrogen and oxygen atoms in total. The molecule has 0 radical (unpaired) electrons. The average molecular weight is 612 g/mol. The van der Waals surface area contributed by atoms with Crippen molar-refractivity contribution in [1.29, 1.82) is 0 Å². The van der Waals surface area contributed by atoms with Gasteiger partial charge >= 0.3 is 17.9 Å². The van der Waals surface area contributed by atoms with Crippen molar-refractivity contribution in [3.05, 3.63) is 87.2 Å². The number of amides is 1. The molecule has 0 atom stereocenters. The number of H-pyrrole nitrogens is 2.